The molecule has 3 aliphatic rings. The van der Waals surface area contributed by atoms with Crippen LogP contribution in [-0.4, -0.2) is 67.6 Å². The van der Waals surface area contributed by atoms with Gasteiger partial charge in [-0.15, -0.1) is 0 Å². The molecule has 5 rings (SSSR count). The maximum absolute atomic E-state index is 12.8. The molecule has 4 atom stereocenters. The summed E-state index contributed by atoms with van der Waals surface area (Å²) in [4.78, 5) is 26.5. The van der Waals surface area contributed by atoms with Crippen molar-refractivity contribution in [3.63, 3.8) is 0 Å². The summed E-state index contributed by atoms with van der Waals surface area (Å²) in [6, 6.07) is 10.5. The van der Waals surface area contributed by atoms with E-state index in [0.29, 0.717) is 34.9 Å². The number of carbonyl (C=O) groups excluding carboxylic acids is 2. The Labute approximate surface area is 191 Å². The molecule has 0 saturated carbocycles. The van der Waals surface area contributed by atoms with Gasteiger partial charge in [0.2, 0.25) is 12.7 Å². The van der Waals surface area contributed by atoms with Crippen LogP contribution in [0.15, 0.2) is 36.4 Å². The number of nitrogens with one attached hydrogen (secondary N) is 1. The van der Waals surface area contributed by atoms with Crippen molar-refractivity contribution in [2.75, 3.05) is 32.8 Å². The summed E-state index contributed by atoms with van der Waals surface area (Å²) in [6.07, 6.45) is -0.353. The molecule has 2 N–H and O–H groups in total. The van der Waals surface area contributed by atoms with Crippen molar-refractivity contribution in [3.05, 3.63) is 47.5 Å². The minimum absolute atomic E-state index is 0.0287. The largest absolute Gasteiger partial charge is 0.487 e. The van der Waals surface area contributed by atoms with E-state index in [1.807, 2.05) is 12.1 Å². The predicted octanol–water partition coefficient (Wildman–Crippen LogP) is 2.14. The number of amides is 2. The lowest BCUT2D eigenvalue weighted by Gasteiger charge is -2.37. The second-order valence-electron chi connectivity index (χ2n) is 8.67. The molecule has 3 heterocycles. The van der Waals surface area contributed by atoms with Crippen LogP contribution in [0.5, 0.6) is 17.2 Å². The number of ether oxygens (including phenoxy) is 4. The molecule has 0 aliphatic carbocycles. The fraction of sp³-hybridized carbons (Fsp3) is 0.417. The zero-order valence-corrected chi connectivity index (χ0v) is 18.4. The molecule has 1 fully saturated rings. The number of aliphatic hydroxyl groups excluding tert-OH is 1. The minimum atomic E-state index is -0.525. The maximum atomic E-state index is 12.8. The normalized spacial score (nSPS) is 24.5. The fourth-order valence-electron chi connectivity index (χ4n) is 4.59. The SMILES string of the molecule is CN(C)C(=O)C[C@@H]1C[C@@H]2c3cc(NC(=O)c4ccc5c(c4)OCO5)ccc3O[C@@H]2[C@H](CO)O1. The van der Waals surface area contributed by atoms with Gasteiger partial charge in [0.1, 0.15) is 18.0 Å². The van der Waals surface area contributed by atoms with Crippen LogP contribution in [0.25, 0.3) is 0 Å². The first-order valence-electron chi connectivity index (χ1n) is 10.9. The molecule has 0 aromatic heterocycles. The molecule has 9 nitrogen and oxygen atoms in total. The topological polar surface area (TPSA) is 107 Å². The molecule has 0 radical (unpaired) electrons. The summed E-state index contributed by atoms with van der Waals surface area (Å²) in [7, 11) is 3.42. The number of benzene rings is 2. The van der Waals surface area contributed by atoms with Gasteiger partial charge in [-0.2, -0.15) is 0 Å². The van der Waals surface area contributed by atoms with Crippen molar-refractivity contribution in [1.29, 1.82) is 0 Å². The van der Waals surface area contributed by atoms with E-state index in [2.05, 4.69) is 5.32 Å². The van der Waals surface area contributed by atoms with Gasteiger partial charge in [-0.05, 0) is 42.8 Å². The van der Waals surface area contributed by atoms with Gasteiger partial charge in [0.25, 0.3) is 5.91 Å². The second kappa shape index (κ2) is 8.57. The van der Waals surface area contributed by atoms with E-state index in [1.54, 1.807) is 38.4 Å². The smallest absolute Gasteiger partial charge is 0.255 e. The van der Waals surface area contributed by atoms with Crippen LogP contribution in [0.4, 0.5) is 5.69 Å². The van der Waals surface area contributed by atoms with Gasteiger partial charge in [-0.1, -0.05) is 0 Å². The second-order valence-corrected chi connectivity index (χ2v) is 8.67. The van der Waals surface area contributed by atoms with E-state index in [1.165, 1.54) is 4.90 Å². The summed E-state index contributed by atoms with van der Waals surface area (Å²) >= 11 is 0. The third-order valence-electron chi connectivity index (χ3n) is 6.29. The summed E-state index contributed by atoms with van der Waals surface area (Å²) in [5, 5.41) is 12.8. The molecule has 2 aromatic rings. The van der Waals surface area contributed by atoms with Crippen molar-refractivity contribution in [1.82, 2.24) is 4.90 Å². The van der Waals surface area contributed by atoms with Crippen molar-refractivity contribution in [2.24, 2.45) is 0 Å². The van der Waals surface area contributed by atoms with Crippen molar-refractivity contribution < 1.29 is 33.6 Å². The van der Waals surface area contributed by atoms with Gasteiger partial charge < -0.3 is 34.3 Å². The third-order valence-corrected chi connectivity index (χ3v) is 6.29. The molecule has 0 unspecified atom stereocenters. The fourth-order valence-corrected chi connectivity index (χ4v) is 4.59. The first kappa shape index (κ1) is 21.5. The Bertz CT molecular complexity index is 1090. The highest BCUT2D eigenvalue weighted by Gasteiger charge is 2.46. The van der Waals surface area contributed by atoms with Crippen LogP contribution in [0.3, 0.4) is 0 Å². The van der Waals surface area contributed by atoms with E-state index >= 15 is 0 Å². The van der Waals surface area contributed by atoms with Gasteiger partial charge in [0, 0.05) is 36.8 Å². The Kier molecular flexibility index (Phi) is 5.59. The number of rotatable bonds is 5. The highest BCUT2D eigenvalue weighted by Crippen LogP contribution is 2.47. The molecule has 0 spiro atoms. The summed E-state index contributed by atoms with van der Waals surface area (Å²) < 4.78 is 22.7. The summed E-state index contributed by atoms with van der Waals surface area (Å²) in [6.45, 7) is -0.0526. The number of fused-ring (bicyclic) bond motifs is 4. The predicted molar refractivity (Wildman–Crippen MR) is 118 cm³/mol. The number of carbonyl (C=O) groups is 2. The van der Waals surface area contributed by atoms with Crippen molar-refractivity contribution in [2.45, 2.75) is 37.1 Å². The quantitative estimate of drug-likeness (QED) is 0.713. The lowest BCUT2D eigenvalue weighted by Crippen LogP contribution is -2.47. The van der Waals surface area contributed by atoms with Gasteiger partial charge in [0.15, 0.2) is 11.5 Å². The Hall–Kier alpha value is -3.30. The molecule has 2 aromatic carbocycles. The monoisotopic (exact) mass is 454 g/mol. The third kappa shape index (κ3) is 4.09. The first-order chi connectivity index (χ1) is 15.9. The van der Waals surface area contributed by atoms with E-state index in [4.69, 9.17) is 18.9 Å². The van der Waals surface area contributed by atoms with Crippen molar-refractivity contribution in [3.8, 4) is 17.2 Å². The molecule has 1 saturated heterocycles. The molecular weight excluding hydrogens is 428 g/mol. The number of hydrogen-bond donors (Lipinski definition) is 2. The van der Waals surface area contributed by atoms with Gasteiger partial charge in [-0.25, -0.2) is 0 Å². The van der Waals surface area contributed by atoms with Crippen LogP contribution in [-0.2, 0) is 9.53 Å². The zero-order valence-electron chi connectivity index (χ0n) is 18.4. The van der Waals surface area contributed by atoms with Crippen LogP contribution < -0.4 is 19.5 Å². The van der Waals surface area contributed by atoms with Crippen LogP contribution in [0.2, 0.25) is 0 Å². The number of nitrogens with zero attached hydrogens (tertiary/aromatic N) is 1. The first-order valence-corrected chi connectivity index (χ1v) is 10.9. The number of hydrogen-bond acceptors (Lipinski definition) is 7. The van der Waals surface area contributed by atoms with Gasteiger partial charge in [-0.3, -0.25) is 9.59 Å². The summed E-state index contributed by atoms with van der Waals surface area (Å²) in [5.74, 6) is 1.52. The average Bonchev–Trinajstić information content (AvgIpc) is 3.42. The van der Waals surface area contributed by atoms with Crippen LogP contribution >= 0.6 is 0 Å². The Balaban J connectivity index is 1.34. The lowest BCUT2D eigenvalue weighted by atomic mass is 9.84. The van der Waals surface area contributed by atoms with E-state index < -0.39 is 6.10 Å². The molecule has 2 amide bonds. The number of anilines is 1. The standard InChI is InChI=1S/C24H26N2O7/c1-26(2)22(28)10-15-9-17-16-8-14(4-6-18(16)33-23(17)21(11-27)32-15)25-24(29)13-3-5-19-20(7-13)31-12-30-19/h3-8,15,17,21,23,27H,9-12H2,1-2H3,(H,25,29)/t15-,17+,21-,23-/m0/s1. The lowest BCUT2D eigenvalue weighted by molar-refractivity contribution is -0.147. The highest BCUT2D eigenvalue weighted by atomic mass is 16.7. The zero-order chi connectivity index (χ0) is 23.1. The molecule has 0 bridgehead atoms. The highest BCUT2D eigenvalue weighted by molar-refractivity contribution is 6.04. The average molecular weight is 454 g/mol. The summed E-state index contributed by atoms with van der Waals surface area (Å²) in [5.41, 5.74) is 2.03. The molecule has 33 heavy (non-hydrogen) atoms. The molecule has 9 heteroatoms. The maximum Gasteiger partial charge on any atom is 0.255 e. The van der Waals surface area contributed by atoms with Gasteiger partial charge in [0.05, 0.1) is 19.1 Å². The Morgan fingerprint density at radius 3 is 2.67 bits per heavy atom. The minimum Gasteiger partial charge on any atom is -0.487 e. The Morgan fingerprint density at radius 2 is 1.88 bits per heavy atom. The van der Waals surface area contributed by atoms with Gasteiger partial charge >= 0.3 is 0 Å². The molecule has 174 valence electrons. The number of aliphatic hydroxyl groups is 1. The Morgan fingerprint density at radius 1 is 1.09 bits per heavy atom. The van der Waals surface area contributed by atoms with Crippen LogP contribution in [0, 0.1) is 0 Å². The van der Waals surface area contributed by atoms with E-state index in [-0.39, 0.29) is 49.8 Å². The molecule has 3 aliphatic heterocycles. The van der Waals surface area contributed by atoms with E-state index in [9.17, 15) is 14.7 Å². The van der Waals surface area contributed by atoms with E-state index in [0.717, 1.165) is 5.56 Å². The molecular formula is C24H26N2O7. The van der Waals surface area contributed by atoms with Crippen LogP contribution in [0.1, 0.15) is 34.7 Å². The van der Waals surface area contributed by atoms with Crippen molar-refractivity contribution >= 4 is 17.5 Å².